The number of nitrogens with zero attached hydrogens (tertiary/aromatic N) is 2. The monoisotopic (exact) mass is 393 g/mol. The second-order valence-corrected chi connectivity index (χ2v) is 7.24. The van der Waals surface area contributed by atoms with E-state index < -0.39 is 5.91 Å². The molecule has 2 aromatic heterocycles. The number of benzene rings is 1. The van der Waals surface area contributed by atoms with Gasteiger partial charge in [-0.15, -0.1) is 17.9 Å². The van der Waals surface area contributed by atoms with Crippen molar-refractivity contribution in [3.8, 4) is 11.8 Å². The van der Waals surface area contributed by atoms with Crippen molar-refractivity contribution in [3.63, 3.8) is 0 Å². The molecule has 0 saturated heterocycles. The molecule has 0 aliphatic heterocycles. The third-order valence-electron chi connectivity index (χ3n) is 3.64. The topological polar surface area (TPSA) is 74.9 Å². The zero-order valence-electron chi connectivity index (χ0n) is 14.2. The summed E-state index contributed by atoms with van der Waals surface area (Å²) in [5, 5.41) is 16.0. The lowest BCUT2D eigenvalue weighted by Crippen LogP contribution is -2.33. The standard InChI is InChI=1S/C20H15N3O2S2/c1-2-9-22-18(24)16(12-21)20-23(15-6-4-3-5-7-15)19(25)17(27-20)11-14-8-10-26-13-14/h2-8,10-11,13H,1,9H2,(H,22,24)/b17-11-,20-16-. The summed E-state index contributed by atoms with van der Waals surface area (Å²) < 4.78 is 2.17. The third kappa shape index (κ3) is 3.97. The highest BCUT2D eigenvalue weighted by molar-refractivity contribution is 7.08. The predicted octanol–water partition coefficient (Wildman–Crippen LogP) is 1.77. The number of thiophene rings is 1. The molecule has 7 heteroatoms. The van der Waals surface area contributed by atoms with Crippen LogP contribution >= 0.6 is 22.7 Å². The van der Waals surface area contributed by atoms with Gasteiger partial charge >= 0.3 is 0 Å². The Morgan fingerprint density at radius 1 is 1.30 bits per heavy atom. The Morgan fingerprint density at radius 2 is 2.07 bits per heavy atom. The summed E-state index contributed by atoms with van der Waals surface area (Å²) in [5.74, 6) is -0.537. The molecule has 0 aliphatic rings. The quantitative estimate of drug-likeness (QED) is 0.672. The van der Waals surface area contributed by atoms with Gasteiger partial charge in [-0.05, 0) is 40.6 Å². The van der Waals surface area contributed by atoms with Crippen molar-refractivity contribution in [2.75, 3.05) is 6.54 Å². The van der Waals surface area contributed by atoms with Gasteiger partial charge in [-0.1, -0.05) is 24.3 Å². The van der Waals surface area contributed by atoms with Crippen LogP contribution in [0.4, 0.5) is 0 Å². The van der Waals surface area contributed by atoms with Gasteiger partial charge in [0, 0.05) is 6.54 Å². The molecule has 0 radical (unpaired) electrons. The average Bonchev–Trinajstić information content (AvgIpc) is 3.30. The van der Waals surface area contributed by atoms with Crippen molar-refractivity contribution in [1.82, 2.24) is 9.88 Å². The minimum Gasteiger partial charge on any atom is -0.348 e. The fourth-order valence-electron chi connectivity index (χ4n) is 2.42. The van der Waals surface area contributed by atoms with Gasteiger partial charge in [0.2, 0.25) is 0 Å². The zero-order chi connectivity index (χ0) is 19.2. The lowest BCUT2D eigenvalue weighted by Gasteiger charge is -2.04. The van der Waals surface area contributed by atoms with E-state index in [-0.39, 0.29) is 17.7 Å². The van der Waals surface area contributed by atoms with E-state index in [4.69, 9.17) is 0 Å². The average molecular weight is 393 g/mol. The van der Waals surface area contributed by atoms with Crippen LogP contribution in [-0.4, -0.2) is 17.0 Å². The van der Waals surface area contributed by atoms with Gasteiger partial charge in [0.25, 0.3) is 11.5 Å². The Labute approximate surface area is 163 Å². The molecule has 0 atom stereocenters. The molecular weight excluding hydrogens is 378 g/mol. The lowest BCUT2D eigenvalue weighted by atomic mass is 10.3. The van der Waals surface area contributed by atoms with E-state index in [2.05, 4.69) is 11.9 Å². The Morgan fingerprint density at radius 3 is 2.70 bits per heavy atom. The van der Waals surface area contributed by atoms with Crippen LogP contribution in [0.2, 0.25) is 0 Å². The maximum atomic E-state index is 13.0. The highest BCUT2D eigenvalue weighted by Crippen LogP contribution is 2.07. The van der Waals surface area contributed by atoms with Crippen LogP contribution in [0.15, 0.2) is 64.6 Å². The summed E-state index contributed by atoms with van der Waals surface area (Å²) >= 11 is 2.66. The first-order chi connectivity index (χ1) is 13.2. The number of para-hydroxylation sites is 1. The molecule has 5 nitrogen and oxygen atoms in total. The van der Waals surface area contributed by atoms with Gasteiger partial charge < -0.3 is 5.32 Å². The zero-order valence-corrected chi connectivity index (χ0v) is 15.8. The minimum atomic E-state index is -0.537. The normalized spacial score (nSPS) is 12.3. The minimum absolute atomic E-state index is 0.104. The molecule has 3 aromatic rings. The van der Waals surface area contributed by atoms with Gasteiger partial charge in [0.1, 0.15) is 10.7 Å². The molecule has 0 fully saturated rings. The number of nitriles is 1. The highest BCUT2D eigenvalue weighted by atomic mass is 32.1. The summed E-state index contributed by atoms with van der Waals surface area (Å²) in [5.41, 5.74) is 1.13. The van der Waals surface area contributed by atoms with Crippen molar-refractivity contribution in [1.29, 1.82) is 5.26 Å². The summed E-state index contributed by atoms with van der Waals surface area (Å²) in [6.07, 6.45) is 3.30. The van der Waals surface area contributed by atoms with Gasteiger partial charge in [0.05, 0.1) is 10.2 Å². The van der Waals surface area contributed by atoms with E-state index in [1.54, 1.807) is 30.3 Å². The van der Waals surface area contributed by atoms with Crippen LogP contribution in [-0.2, 0) is 4.79 Å². The first kappa shape index (κ1) is 18.6. The molecule has 1 N–H and O–H groups in total. The number of rotatable bonds is 5. The molecular formula is C20H15N3O2S2. The number of aromatic nitrogens is 1. The maximum absolute atomic E-state index is 13.0. The Kier molecular flexibility index (Phi) is 5.81. The second kappa shape index (κ2) is 8.45. The van der Waals surface area contributed by atoms with Gasteiger partial charge in [-0.25, -0.2) is 0 Å². The summed E-state index contributed by atoms with van der Waals surface area (Å²) in [7, 11) is 0. The maximum Gasteiger partial charge on any atom is 0.273 e. The predicted molar refractivity (Wildman–Crippen MR) is 109 cm³/mol. The van der Waals surface area contributed by atoms with E-state index in [1.807, 2.05) is 29.0 Å². The number of carbonyl (C=O) groups excluding carboxylic acids is 1. The molecule has 27 heavy (non-hydrogen) atoms. The first-order valence-corrected chi connectivity index (χ1v) is 9.76. The summed E-state index contributed by atoms with van der Waals surface area (Å²) in [4.78, 5) is 25.5. The van der Waals surface area contributed by atoms with Crippen molar-refractivity contribution in [3.05, 3.63) is 84.9 Å². The second-order valence-electron chi connectivity index (χ2n) is 5.43. The van der Waals surface area contributed by atoms with E-state index >= 15 is 0 Å². The third-order valence-corrected chi connectivity index (χ3v) is 5.43. The number of amides is 1. The fourth-order valence-corrected chi connectivity index (χ4v) is 4.14. The van der Waals surface area contributed by atoms with Crippen molar-refractivity contribution in [2.45, 2.75) is 0 Å². The van der Waals surface area contributed by atoms with Gasteiger partial charge in [0.15, 0.2) is 5.57 Å². The molecule has 134 valence electrons. The Hall–Kier alpha value is -3.21. The van der Waals surface area contributed by atoms with Crippen LogP contribution in [0.3, 0.4) is 0 Å². The lowest BCUT2D eigenvalue weighted by molar-refractivity contribution is -0.115. The Balaban J connectivity index is 2.34. The molecule has 0 unspecified atom stereocenters. The molecule has 0 saturated carbocycles. The van der Waals surface area contributed by atoms with Crippen molar-refractivity contribution >= 4 is 40.2 Å². The van der Waals surface area contributed by atoms with Crippen molar-refractivity contribution < 1.29 is 4.79 Å². The van der Waals surface area contributed by atoms with Gasteiger partial charge in [-0.3, -0.25) is 14.2 Å². The Bertz CT molecular complexity index is 1180. The smallest absolute Gasteiger partial charge is 0.273 e. The number of hydrogen-bond donors (Lipinski definition) is 1. The largest absolute Gasteiger partial charge is 0.348 e. The summed E-state index contributed by atoms with van der Waals surface area (Å²) in [6, 6.07) is 12.8. The van der Waals surface area contributed by atoms with Crippen LogP contribution < -0.4 is 20.1 Å². The fraction of sp³-hybridized carbons (Fsp3) is 0.0500. The van der Waals surface area contributed by atoms with Gasteiger partial charge in [-0.2, -0.15) is 16.6 Å². The number of carbonyl (C=O) groups is 1. The molecule has 0 spiro atoms. The molecule has 1 aromatic carbocycles. The van der Waals surface area contributed by atoms with Crippen LogP contribution in [0.5, 0.6) is 0 Å². The summed E-state index contributed by atoms with van der Waals surface area (Å²) in [6.45, 7) is 3.79. The highest BCUT2D eigenvalue weighted by Gasteiger charge is 2.16. The molecule has 0 aliphatic carbocycles. The number of hydrogen-bond acceptors (Lipinski definition) is 5. The molecule has 3 rings (SSSR count). The van der Waals surface area contributed by atoms with Crippen LogP contribution in [0.1, 0.15) is 5.56 Å². The van der Waals surface area contributed by atoms with E-state index in [0.717, 1.165) is 16.9 Å². The van der Waals surface area contributed by atoms with Crippen molar-refractivity contribution in [2.24, 2.45) is 0 Å². The van der Waals surface area contributed by atoms with Crippen LogP contribution in [0.25, 0.3) is 17.3 Å². The van der Waals surface area contributed by atoms with E-state index in [9.17, 15) is 14.9 Å². The van der Waals surface area contributed by atoms with E-state index in [0.29, 0.717) is 14.9 Å². The molecule has 2 heterocycles. The number of thiazole rings is 1. The van der Waals surface area contributed by atoms with E-state index in [1.165, 1.54) is 22.0 Å². The first-order valence-electron chi connectivity index (χ1n) is 8.00. The SMILES string of the molecule is C=CCNC(=O)/C(C#N)=c1\s/c(=C\c2ccsc2)c(=O)n1-c1ccccc1. The number of nitrogens with one attached hydrogen (secondary N) is 1. The van der Waals surface area contributed by atoms with Crippen LogP contribution in [0, 0.1) is 11.3 Å². The molecule has 0 bridgehead atoms. The molecule has 1 amide bonds.